The second-order valence-electron chi connectivity index (χ2n) is 8.79. The van der Waals surface area contributed by atoms with Gasteiger partial charge in [-0.25, -0.2) is 9.97 Å². The number of hydrogen-bond donors (Lipinski definition) is 0. The minimum Gasteiger partial charge on any atom is -0.495 e. The molecule has 39 heavy (non-hydrogen) atoms. The van der Waals surface area contributed by atoms with Gasteiger partial charge in [-0.2, -0.15) is 0 Å². The summed E-state index contributed by atoms with van der Waals surface area (Å²) in [4.78, 5) is 30.4. The SMILES string of the molecule is COc1ccc(OC)c2sc(N(Cc3ccccn3)C(=O)c3cc(-c4ccccc4)nc4ccccc34)nc12. The van der Waals surface area contributed by atoms with Gasteiger partial charge in [-0.05, 0) is 36.4 Å². The zero-order valence-electron chi connectivity index (χ0n) is 21.4. The predicted octanol–water partition coefficient (Wildman–Crippen LogP) is 6.77. The van der Waals surface area contributed by atoms with Gasteiger partial charge in [-0.1, -0.05) is 65.9 Å². The Balaban J connectivity index is 1.54. The van der Waals surface area contributed by atoms with E-state index in [2.05, 4.69) is 4.98 Å². The van der Waals surface area contributed by atoms with Crippen LogP contribution in [0.3, 0.4) is 0 Å². The highest BCUT2D eigenvalue weighted by Gasteiger charge is 2.26. The summed E-state index contributed by atoms with van der Waals surface area (Å²) >= 11 is 1.38. The number of ether oxygens (including phenoxy) is 2. The normalized spacial score (nSPS) is 11.0. The van der Waals surface area contributed by atoms with Crippen LogP contribution in [-0.2, 0) is 6.54 Å². The molecule has 0 spiro atoms. The first-order valence-corrected chi connectivity index (χ1v) is 13.2. The van der Waals surface area contributed by atoms with Crippen LogP contribution in [0.4, 0.5) is 5.13 Å². The Morgan fingerprint density at radius 1 is 0.846 bits per heavy atom. The van der Waals surface area contributed by atoms with Crippen LogP contribution in [-0.4, -0.2) is 35.1 Å². The highest BCUT2D eigenvalue weighted by Crippen LogP contribution is 2.41. The van der Waals surface area contributed by atoms with Crippen molar-refractivity contribution in [3.05, 3.63) is 108 Å². The number of carbonyl (C=O) groups excluding carboxylic acids is 1. The predicted molar refractivity (Wildman–Crippen MR) is 155 cm³/mol. The van der Waals surface area contributed by atoms with Crippen molar-refractivity contribution in [2.45, 2.75) is 6.54 Å². The molecule has 6 rings (SSSR count). The number of nitrogens with zero attached hydrogens (tertiary/aromatic N) is 4. The number of amides is 1. The van der Waals surface area contributed by atoms with Gasteiger partial charge in [0.2, 0.25) is 0 Å². The summed E-state index contributed by atoms with van der Waals surface area (Å²) in [5.74, 6) is 1.08. The molecule has 192 valence electrons. The maximum Gasteiger partial charge on any atom is 0.261 e. The fourth-order valence-electron chi connectivity index (χ4n) is 4.52. The summed E-state index contributed by atoms with van der Waals surface area (Å²) in [5, 5.41) is 1.29. The molecule has 0 N–H and O–H groups in total. The summed E-state index contributed by atoms with van der Waals surface area (Å²) in [6.07, 6.45) is 1.72. The van der Waals surface area contributed by atoms with Gasteiger partial charge >= 0.3 is 0 Å². The molecule has 8 heteroatoms. The van der Waals surface area contributed by atoms with Gasteiger partial charge in [0.1, 0.15) is 21.7 Å². The molecule has 0 saturated carbocycles. The quantitative estimate of drug-likeness (QED) is 0.226. The lowest BCUT2D eigenvalue weighted by atomic mass is 10.0. The van der Waals surface area contributed by atoms with E-state index in [1.165, 1.54) is 11.3 Å². The second-order valence-corrected chi connectivity index (χ2v) is 9.77. The number of thiazole rings is 1. The molecule has 0 fully saturated rings. The molecule has 0 aliphatic carbocycles. The van der Waals surface area contributed by atoms with E-state index in [1.54, 1.807) is 25.3 Å². The van der Waals surface area contributed by atoms with Crippen molar-refractivity contribution in [1.82, 2.24) is 15.0 Å². The van der Waals surface area contributed by atoms with Crippen LogP contribution in [0, 0.1) is 0 Å². The van der Waals surface area contributed by atoms with Gasteiger partial charge in [0.05, 0.1) is 43.2 Å². The molecule has 0 aliphatic heterocycles. The lowest BCUT2D eigenvalue weighted by Crippen LogP contribution is -2.31. The lowest BCUT2D eigenvalue weighted by Gasteiger charge is -2.21. The molecule has 0 saturated heterocycles. The Morgan fingerprint density at radius 3 is 2.36 bits per heavy atom. The largest absolute Gasteiger partial charge is 0.495 e. The average Bonchev–Trinajstić information content (AvgIpc) is 3.45. The van der Waals surface area contributed by atoms with E-state index in [9.17, 15) is 4.79 Å². The fraction of sp³-hybridized carbons (Fsp3) is 0.0968. The van der Waals surface area contributed by atoms with Crippen LogP contribution in [0.2, 0.25) is 0 Å². The molecule has 0 atom stereocenters. The standard InChI is InChI=1S/C31H24N4O3S/c1-37-26-15-16-27(38-2)29-28(26)34-31(39-29)35(19-21-12-8-9-17-32-21)30(36)23-18-25(20-10-4-3-5-11-20)33-24-14-7-6-13-22(23)24/h3-18H,19H2,1-2H3. The summed E-state index contributed by atoms with van der Waals surface area (Å²) in [5.41, 5.74) is 4.32. The van der Waals surface area contributed by atoms with Crippen molar-refractivity contribution < 1.29 is 14.3 Å². The van der Waals surface area contributed by atoms with Crippen molar-refractivity contribution in [3.63, 3.8) is 0 Å². The molecular formula is C31H24N4O3S. The minimum atomic E-state index is -0.201. The number of aromatic nitrogens is 3. The van der Waals surface area contributed by atoms with Crippen LogP contribution < -0.4 is 14.4 Å². The van der Waals surface area contributed by atoms with Crippen LogP contribution in [0.25, 0.3) is 32.4 Å². The Kier molecular flexibility index (Phi) is 6.61. The van der Waals surface area contributed by atoms with Crippen LogP contribution in [0.1, 0.15) is 16.1 Å². The number of methoxy groups -OCH3 is 2. The maximum atomic E-state index is 14.5. The first-order chi connectivity index (χ1) is 19.2. The number of anilines is 1. The number of hydrogen-bond acceptors (Lipinski definition) is 7. The van der Waals surface area contributed by atoms with Crippen molar-refractivity contribution in [2.24, 2.45) is 0 Å². The minimum absolute atomic E-state index is 0.201. The van der Waals surface area contributed by atoms with E-state index in [4.69, 9.17) is 19.4 Å². The van der Waals surface area contributed by atoms with Gasteiger partial charge in [-0.15, -0.1) is 0 Å². The third-order valence-corrected chi connectivity index (χ3v) is 7.53. The fourth-order valence-corrected chi connectivity index (χ4v) is 5.60. The first-order valence-electron chi connectivity index (χ1n) is 12.3. The second kappa shape index (κ2) is 10.5. The molecular weight excluding hydrogens is 508 g/mol. The third-order valence-electron chi connectivity index (χ3n) is 6.44. The van der Waals surface area contributed by atoms with Crippen molar-refractivity contribution >= 4 is 43.5 Å². The van der Waals surface area contributed by atoms with E-state index in [0.717, 1.165) is 32.6 Å². The molecule has 6 aromatic rings. The molecule has 3 heterocycles. The van der Waals surface area contributed by atoms with Crippen LogP contribution in [0.15, 0.2) is 97.2 Å². The van der Waals surface area contributed by atoms with E-state index < -0.39 is 0 Å². The highest BCUT2D eigenvalue weighted by molar-refractivity contribution is 7.22. The number of benzene rings is 3. The molecule has 0 unspecified atom stereocenters. The summed E-state index contributed by atoms with van der Waals surface area (Å²) in [6.45, 7) is 0.238. The number of para-hydroxylation sites is 1. The van der Waals surface area contributed by atoms with Crippen LogP contribution >= 0.6 is 11.3 Å². The number of fused-ring (bicyclic) bond motifs is 2. The molecule has 1 amide bonds. The summed E-state index contributed by atoms with van der Waals surface area (Å²) < 4.78 is 12.0. The van der Waals surface area contributed by atoms with E-state index >= 15 is 0 Å². The van der Waals surface area contributed by atoms with E-state index in [0.29, 0.717) is 27.7 Å². The molecule has 0 radical (unpaired) electrons. The van der Waals surface area contributed by atoms with Gasteiger partial charge in [0.25, 0.3) is 5.91 Å². The number of rotatable bonds is 7. The van der Waals surface area contributed by atoms with Gasteiger partial charge in [0, 0.05) is 17.1 Å². The molecule has 7 nitrogen and oxygen atoms in total. The van der Waals surface area contributed by atoms with Gasteiger partial charge < -0.3 is 9.47 Å². The highest BCUT2D eigenvalue weighted by atomic mass is 32.1. The Bertz CT molecular complexity index is 1750. The zero-order chi connectivity index (χ0) is 26.8. The van der Waals surface area contributed by atoms with Crippen molar-refractivity contribution in [3.8, 4) is 22.8 Å². The zero-order valence-corrected chi connectivity index (χ0v) is 22.2. The van der Waals surface area contributed by atoms with Crippen molar-refractivity contribution in [1.29, 1.82) is 0 Å². The summed E-state index contributed by atoms with van der Waals surface area (Å²) in [7, 11) is 3.22. The Labute approximate surface area is 229 Å². The van der Waals surface area contributed by atoms with Crippen LogP contribution in [0.5, 0.6) is 11.5 Å². The Hall–Kier alpha value is -4.82. The first kappa shape index (κ1) is 24.5. The topological polar surface area (TPSA) is 77.4 Å². The molecule has 0 aliphatic rings. The average molecular weight is 533 g/mol. The van der Waals surface area contributed by atoms with Gasteiger partial charge in [0.15, 0.2) is 5.13 Å². The number of carbonyl (C=O) groups is 1. The lowest BCUT2D eigenvalue weighted by molar-refractivity contribution is 0.0986. The van der Waals surface area contributed by atoms with E-state index in [1.807, 2.05) is 91.0 Å². The summed E-state index contributed by atoms with van der Waals surface area (Å²) in [6, 6.07) is 28.7. The Morgan fingerprint density at radius 2 is 1.59 bits per heavy atom. The molecule has 3 aromatic carbocycles. The third kappa shape index (κ3) is 4.66. The molecule has 3 aromatic heterocycles. The number of pyridine rings is 2. The smallest absolute Gasteiger partial charge is 0.261 e. The monoisotopic (exact) mass is 532 g/mol. The molecule has 0 bridgehead atoms. The van der Waals surface area contributed by atoms with E-state index in [-0.39, 0.29) is 12.5 Å². The van der Waals surface area contributed by atoms with Crippen molar-refractivity contribution in [2.75, 3.05) is 19.1 Å². The van der Waals surface area contributed by atoms with Gasteiger partial charge in [-0.3, -0.25) is 14.7 Å². The maximum absolute atomic E-state index is 14.5.